The first-order valence-corrected chi connectivity index (χ1v) is 4.35. The first-order chi connectivity index (χ1) is 5.34. The van der Waals surface area contributed by atoms with E-state index in [1.54, 1.807) is 0 Å². The fourth-order valence-electron chi connectivity index (χ4n) is 2.07. The Morgan fingerprint density at radius 2 is 2.00 bits per heavy atom. The van der Waals surface area contributed by atoms with Crippen molar-refractivity contribution in [2.45, 2.75) is 51.7 Å². The van der Waals surface area contributed by atoms with E-state index in [9.17, 15) is 4.79 Å². The van der Waals surface area contributed by atoms with Gasteiger partial charge in [0.25, 0.3) is 0 Å². The number of hydrogen-bond donors (Lipinski definition) is 1. The van der Waals surface area contributed by atoms with Crippen molar-refractivity contribution in [3.05, 3.63) is 0 Å². The second-order valence-corrected chi connectivity index (χ2v) is 4.52. The molecule has 0 radical (unpaired) electrons. The van der Waals surface area contributed by atoms with Crippen molar-refractivity contribution in [1.29, 1.82) is 0 Å². The molecule has 2 atom stereocenters. The fraction of sp³-hybridized carbons (Fsp3) is 0.889. The third kappa shape index (κ3) is 1.46. The van der Waals surface area contributed by atoms with E-state index in [1.165, 1.54) is 0 Å². The van der Waals surface area contributed by atoms with Gasteiger partial charge in [0.1, 0.15) is 6.04 Å². The lowest BCUT2D eigenvalue weighted by Gasteiger charge is -2.52. The standard InChI is InChI=1S/C9H17NO2/c1-6-5-7(8(11)12)10(6)9(2,3)4/h6-7H,5H2,1-4H3,(H,11,12)/t6-,7+/m1/s1. The van der Waals surface area contributed by atoms with Crippen LogP contribution in [-0.4, -0.2) is 33.6 Å². The molecule has 0 bridgehead atoms. The van der Waals surface area contributed by atoms with Crippen LogP contribution in [-0.2, 0) is 4.79 Å². The van der Waals surface area contributed by atoms with E-state index in [1.807, 2.05) is 0 Å². The van der Waals surface area contributed by atoms with Gasteiger partial charge in [-0.3, -0.25) is 9.69 Å². The highest BCUT2D eigenvalue weighted by molar-refractivity contribution is 5.75. The normalized spacial score (nSPS) is 31.3. The average Bonchev–Trinajstić information content (AvgIpc) is 1.77. The van der Waals surface area contributed by atoms with Crippen LogP contribution >= 0.6 is 0 Å². The number of carboxylic acids is 1. The van der Waals surface area contributed by atoms with Crippen molar-refractivity contribution in [3.63, 3.8) is 0 Å². The molecule has 1 rings (SSSR count). The monoisotopic (exact) mass is 171 g/mol. The van der Waals surface area contributed by atoms with Crippen LogP contribution in [0.3, 0.4) is 0 Å². The molecule has 1 aliphatic heterocycles. The van der Waals surface area contributed by atoms with Gasteiger partial charge in [0.15, 0.2) is 0 Å². The van der Waals surface area contributed by atoms with Crippen molar-refractivity contribution in [1.82, 2.24) is 4.90 Å². The molecule has 70 valence electrons. The maximum Gasteiger partial charge on any atom is 0.321 e. The van der Waals surface area contributed by atoms with E-state index < -0.39 is 5.97 Å². The lowest BCUT2D eigenvalue weighted by molar-refractivity contribution is -0.158. The summed E-state index contributed by atoms with van der Waals surface area (Å²) in [7, 11) is 0. The minimum absolute atomic E-state index is 0.0271. The number of carbonyl (C=O) groups is 1. The van der Waals surface area contributed by atoms with Gasteiger partial charge in [-0.1, -0.05) is 0 Å². The predicted molar refractivity (Wildman–Crippen MR) is 47.1 cm³/mol. The van der Waals surface area contributed by atoms with Gasteiger partial charge in [0, 0.05) is 11.6 Å². The van der Waals surface area contributed by atoms with Crippen molar-refractivity contribution >= 4 is 5.97 Å². The molecule has 1 aliphatic rings. The highest BCUT2D eigenvalue weighted by Crippen LogP contribution is 2.33. The Morgan fingerprint density at radius 3 is 2.17 bits per heavy atom. The van der Waals surface area contributed by atoms with E-state index in [-0.39, 0.29) is 11.6 Å². The van der Waals surface area contributed by atoms with Gasteiger partial charge in [-0.2, -0.15) is 0 Å². The summed E-state index contributed by atoms with van der Waals surface area (Å²) in [5.41, 5.74) is -0.0271. The van der Waals surface area contributed by atoms with Crippen LogP contribution in [0.15, 0.2) is 0 Å². The molecule has 3 nitrogen and oxygen atoms in total. The van der Waals surface area contributed by atoms with Crippen LogP contribution in [0.4, 0.5) is 0 Å². The number of rotatable bonds is 1. The molecule has 1 heterocycles. The van der Waals surface area contributed by atoms with Crippen LogP contribution in [0.2, 0.25) is 0 Å². The largest absolute Gasteiger partial charge is 0.480 e. The predicted octanol–water partition coefficient (Wildman–Crippen LogP) is 1.33. The number of aliphatic carboxylic acids is 1. The average molecular weight is 171 g/mol. The summed E-state index contributed by atoms with van der Waals surface area (Å²) >= 11 is 0. The maximum atomic E-state index is 10.7. The number of nitrogens with zero attached hydrogens (tertiary/aromatic N) is 1. The summed E-state index contributed by atoms with van der Waals surface area (Å²) in [5, 5.41) is 8.84. The van der Waals surface area contributed by atoms with Gasteiger partial charge >= 0.3 is 5.97 Å². The molecule has 0 aromatic carbocycles. The third-order valence-corrected chi connectivity index (χ3v) is 2.43. The number of hydrogen-bond acceptors (Lipinski definition) is 2. The SMILES string of the molecule is C[C@@H]1C[C@@H](C(=O)O)N1C(C)(C)C. The molecule has 1 N–H and O–H groups in total. The lowest BCUT2D eigenvalue weighted by Crippen LogP contribution is -2.65. The zero-order valence-electron chi connectivity index (χ0n) is 8.16. The Labute approximate surface area is 73.4 Å². The van der Waals surface area contributed by atoms with Gasteiger partial charge in [-0.25, -0.2) is 0 Å². The zero-order chi connectivity index (χ0) is 9.52. The highest BCUT2D eigenvalue weighted by atomic mass is 16.4. The molecule has 0 aromatic rings. The summed E-state index contributed by atoms with van der Waals surface area (Å²) in [6, 6.07) is 0.145. The Kier molecular flexibility index (Phi) is 2.17. The Bertz CT molecular complexity index is 195. The summed E-state index contributed by atoms with van der Waals surface area (Å²) in [6.07, 6.45) is 0.784. The minimum Gasteiger partial charge on any atom is -0.480 e. The molecule has 0 spiro atoms. The van der Waals surface area contributed by atoms with Crippen LogP contribution in [0.1, 0.15) is 34.1 Å². The quantitative estimate of drug-likeness (QED) is 0.647. The van der Waals surface area contributed by atoms with E-state index in [2.05, 4.69) is 32.6 Å². The molecule has 1 fully saturated rings. The molecule has 0 amide bonds. The van der Waals surface area contributed by atoms with Gasteiger partial charge in [0.05, 0.1) is 0 Å². The van der Waals surface area contributed by atoms with Crippen molar-refractivity contribution in [2.24, 2.45) is 0 Å². The molecular formula is C9H17NO2. The van der Waals surface area contributed by atoms with Gasteiger partial charge < -0.3 is 5.11 Å². The number of likely N-dealkylation sites (tertiary alicyclic amines) is 1. The van der Waals surface area contributed by atoms with Crippen molar-refractivity contribution in [2.75, 3.05) is 0 Å². The second kappa shape index (κ2) is 2.73. The topological polar surface area (TPSA) is 40.5 Å². The van der Waals surface area contributed by atoms with Crippen LogP contribution < -0.4 is 0 Å². The second-order valence-electron chi connectivity index (χ2n) is 4.52. The molecular weight excluding hydrogens is 154 g/mol. The first kappa shape index (κ1) is 9.52. The van der Waals surface area contributed by atoms with Crippen LogP contribution in [0, 0.1) is 0 Å². The molecule has 0 saturated carbocycles. The Morgan fingerprint density at radius 1 is 1.50 bits per heavy atom. The molecule has 12 heavy (non-hydrogen) atoms. The van der Waals surface area contributed by atoms with Crippen LogP contribution in [0.5, 0.6) is 0 Å². The Balaban J connectivity index is 2.68. The number of carboxylic acid groups (broad SMARTS) is 1. The van der Waals surface area contributed by atoms with Gasteiger partial charge in [-0.15, -0.1) is 0 Å². The van der Waals surface area contributed by atoms with Crippen LogP contribution in [0.25, 0.3) is 0 Å². The van der Waals surface area contributed by atoms with E-state index in [0.717, 1.165) is 6.42 Å². The van der Waals surface area contributed by atoms with Crippen molar-refractivity contribution in [3.8, 4) is 0 Å². The van der Waals surface area contributed by atoms with E-state index in [0.29, 0.717) is 6.04 Å². The highest BCUT2D eigenvalue weighted by Gasteiger charge is 2.45. The zero-order valence-corrected chi connectivity index (χ0v) is 8.16. The maximum absolute atomic E-state index is 10.7. The van der Waals surface area contributed by atoms with E-state index in [4.69, 9.17) is 5.11 Å². The molecule has 0 unspecified atom stereocenters. The molecule has 3 heteroatoms. The third-order valence-electron chi connectivity index (χ3n) is 2.43. The Hall–Kier alpha value is -0.570. The smallest absolute Gasteiger partial charge is 0.321 e. The summed E-state index contributed by atoms with van der Waals surface area (Å²) in [6.45, 7) is 8.24. The molecule has 0 aliphatic carbocycles. The summed E-state index contributed by atoms with van der Waals surface area (Å²) in [4.78, 5) is 12.8. The molecule has 0 aromatic heterocycles. The summed E-state index contributed by atoms with van der Waals surface area (Å²) < 4.78 is 0. The first-order valence-electron chi connectivity index (χ1n) is 4.35. The minimum atomic E-state index is -0.692. The van der Waals surface area contributed by atoms with Gasteiger partial charge in [-0.05, 0) is 34.1 Å². The lowest BCUT2D eigenvalue weighted by atomic mass is 9.87. The van der Waals surface area contributed by atoms with Crippen molar-refractivity contribution < 1.29 is 9.90 Å². The molecule has 1 saturated heterocycles. The summed E-state index contributed by atoms with van der Waals surface area (Å²) in [5.74, 6) is -0.692. The van der Waals surface area contributed by atoms with E-state index >= 15 is 0 Å². The van der Waals surface area contributed by atoms with Gasteiger partial charge in [0.2, 0.25) is 0 Å². The fourth-order valence-corrected chi connectivity index (χ4v) is 2.07.